The summed E-state index contributed by atoms with van der Waals surface area (Å²) < 4.78 is 31.8. The second-order valence-electron chi connectivity index (χ2n) is 6.83. The lowest BCUT2D eigenvalue weighted by Gasteiger charge is -2.26. The third-order valence-electron chi connectivity index (χ3n) is 5.06. The molecule has 7 heteroatoms. The van der Waals surface area contributed by atoms with E-state index in [-0.39, 0.29) is 10.6 Å². The summed E-state index contributed by atoms with van der Waals surface area (Å²) in [5.41, 5.74) is 7.79. The Bertz CT molecular complexity index is 1190. The van der Waals surface area contributed by atoms with Crippen LogP contribution in [0.2, 0.25) is 0 Å². The van der Waals surface area contributed by atoms with E-state index in [4.69, 9.17) is 9.92 Å². The minimum absolute atomic E-state index is 0.117. The van der Waals surface area contributed by atoms with Gasteiger partial charge in [-0.15, -0.1) is 0 Å². The molecular formula is C21H20N2O4S. The van der Waals surface area contributed by atoms with Gasteiger partial charge in [0.1, 0.15) is 16.7 Å². The fourth-order valence-electron chi connectivity index (χ4n) is 3.72. The topological polar surface area (TPSA) is 98.5 Å². The van der Waals surface area contributed by atoms with Gasteiger partial charge < -0.3 is 15.2 Å². The van der Waals surface area contributed by atoms with E-state index < -0.39 is 22.1 Å². The molecule has 3 N–H and O–H groups in total. The van der Waals surface area contributed by atoms with E-state index in [2.05, 4.69) is 5.32 Å². The molecule has 0 spiro atoms. The van der Waals surface area contributed by atoms with Gasteiger partial charge in [0.25, 0.3) is 0 Å². The summed E-state index contributed by atoms with van der Waals surface area (Å²) in [6.07, 6.45) is 0.541. The predicted molar refractivity (Wildman–Crippen MR) is 107 cm³/mol. The van der Waals surface area contributed by atoms with Gasteiger partial charge in [-0.05, 0) is 42.0 Å². The predicted octanol–water partition coefficient (Wildman–Crippen LogP) is 2.59. The fourth-order valence-corrected chi connectivity index (χ4v) is 4.90. The van der Waals surface area contributed by atoms with Crippen molar-refractivity contribution in [3.8, 4) is 5.75 Å². The van der Waals surface area contributed by atoms with E-state index >= 15 is 0 Å². The maximum atomic E-state index is 13.1. The number of fused-ring (bicyclic) bond motifs is 2. The van der Waals surface area contributed by atoms with Gasteiger partial charge in [0, 0.05) is 17.5 Å². The molecule has 0 fully saturated rings. The first kappa shape index (κ1) is 18.5. The Morgan fingerprint density at radius 1 is 1.07 bits per heavy atom. The molecule has 4 rings (SSSR count). The van der Waals surface area contributed by atoms with Crippen LogP contribution in [0.15, 0.2) is 59.5 Å². The van der Waals surface area contributed by atoms with Gasteiger partial charge in [-0.1, -0.05) is 42.5 Å². The highest BCUT2D eigenvalue weighted by Gasteiger charge is 2.28. The molecular weight excluding hydrogens is 376 g/mol. The number of hydrogen-bond donors (Lipinski definition) is 2. The lowest BCUT2D eigenvalue weighted by atomic mass is 9.93. The fraction of sp³-hybridized carbons (Fsp3) is 0.190. The Kier molecular flexibility index (Phi) is 4.56. The highest BCUT2D eigenvalue weighted by atomic mass is 32.2. The Hall–Kier alpha value is -2.90. The molecule has 1 amide bonds. The van der Waals surface area contributed by atoms with Crippen molar-refractivity contribution < 1.29 is 17.4 Å². The van der Waals surface area contributed by atoms with E-state index in [1.54, 1.807) is 36.4 Å². The molecule has 1 aliphatic rings. The van der Waals surface area contributed by atoms with Crippen LogP contribution in [-0.4, -0.2) is 20.9 Å². The van der Waals surface area contributed by atoms with Crippen LogP contribution in [0, 0.1) is 6.92 Å². The average Bonchev–Trinajstić information content (AvgIpc) is 2.67. The van der Waals surface area contributed by atoms with Crippen molar-refractivity contribution in [3.05, 3.63) is 71.3 Å². The first-order chi connectivity index (χ1) is 13.4. The summed E-state index contributed by atoms with van der Waals surface area (Å²) in [4.78, 5) is 11.8. The first-order valence-corrected chi connectivity index (χ1v) is 10.4. The summed E-state index contributed by atoms with van der Waals surface area (Å²) in [7, 11) is -4.06. The lowest BCUT2D eigenvalue weighted by molar-refractivity contribution is -0.120. The minimum atomic E-state index is -4.06. The quantitative estimate of drug-likeness (QED) is 0.661. The van der Waals surface area contributed by atoms with Crippen LogP contribution >= 0.6 is 0 Å². The molecule has 1 heterocycles. The molecule has 6 nitrogen and oxygen atoms in total. The molecule has 0 radical (unpaired) electrons. The number of carbonyl (C=O) groups excluding carboxylic acids is 1. The number of amides is 1. The Morgan fingerprint density at radius 2 is 1.79 bits per heavy atom. The van der Waals surface area contributed by atoms with Crippen LogP contribution in [0.5, 0.6) is 5.75 Å². The normalized spacial score (nSPS) is 16.5. The summed E-state index contributed by atoms with van der Waals surface area (Å²) in [5, 5.41) is 4.52. The van der Waals surface area contributed by atoms with Crippen molar-refractivity contribution >= 4 is 26.8 Å². The van der Waals surface area contributed by atoms with Crippen LogP contribution < -0.4 is 15.2 Å². The number of nitrogens with one attached hydrogen (secondary N) is 1. The largest absolute Gasteiger partial charge is 0.379 e. The van der Waals surface area contributed by atoms with Crippen molar-refractivity contribution in [3.63, 3.8) is 0 Å². The van der Waals surface area contributed by atoms with Crippen LogP contribution in [0.4, 0.5) is 0 Å². The van der Waals surface area contributed by atoms with Crippen molar-refractivity contribution in [1.82, 2.24) is 5.32 Å². The summed E-state index contributed by atoms with van der Waals surface area (Å²) in [6, 6.07) is 15.0. The number of nitrogens with two attached hydrogens (primary N) is 1. The van der Waals surface area contributed by atoms with E-state index in [1.807, 2.05) is 25.1 Å². The van der Waals surface area contributed by atoms with Gasteiger partial charge in [-0.3, -0.25) is 4.79 Å². The van der Waals surface area contributed by atoms with E-state index in [1.165, 1.54) is 0 Å². The van der Waals surface area contributed by atoms with Crippen LogP contribution in [0.1, 0.15) is 22.7 Å². The first-order valence-electron chi connectivity index (χ1n) is 8.96. The van der Waals surface area contributed by atoms with E-state index in [9.17, 15) is 13.2 Å². The SMILES string of the molecule is Cc1cccc2c(S(=O)(=O)Oc3cccc4c3CCNC4C(N)=O)cccc12. The highest BCUT2D eigenvalue weighted by molar-refractivity contribution is 7.87. The van der Waals surface area contributed by atoms with Crippen molar-refractivity contribution in [2.45, 2.75) is 24.3 Å². The second-order valence-corrected chi connectivity index (χ2v) is 8.34. The Morgan fingerprint density at radius 3 is 2.57 bits per heavy atom. The number of benzene rings is 3. The van der Waals surface area contributed by atoms with E-state index in [0.717, 1.165) is 10.9 Å². The molecule has 0 aliphatic carbocycles. The van der Waals surface area contributed by atoms with E-state index in [0.29, 0.717) is 29.5 Å². The summed E-state index contributed by atoms with van der Waals surface area (Å²) >= 11 is 0. The average molecular weight is 396 g/mol. The smallest absolute Gasteiger partial charge is 0.339 e. The molecule has 0 bridgehead atoms. The molecule has 3 aromatic rings. The molecule has 0 saturated heterocycles. The monoisotopic (exact) mass is 396 g/mol. The molecule has 0 saturated carbocycles. The molecule has 1 unspecified atom stereocenters. The van der Waals surface area contributed by atoms with Gasteiger partial charge in [0.05, 0.1) is 0 Å². The van der Waals surface area contributed by atoms with Crippen LogP contribution in [-0.2, 0) is 21.3 Å². The summed E-state index contributed by atoms with van der Waals surface area (Å²) in [6.45, 7) is 2.44. The Labute approximate surface area is 163 Å². The number of aryl methyl sites for hydroxylation is 1. The standard InChI is InChI=1S/C21H20N2O4S/c1-13-5-2-7-16-14(13)6-4-10-19(16)28(25,26)27-18-9-3-8-17-15(18)11-12-23-20(17)21(22)24/h2-10,20,23H,11-12H2,1H3,(H2,22,24). The Balaban J connectivity index is 1.80. The highest BCUT2D eigenvalue weighted by Crippen LogP contribution is 2.33. The zero-order valence-electron chi connectivity index (χ0n) is 15.3. The number of carbonyl (C=O) groups is 1. The second kappa shape index (κ2) is 6.92. The van der Waals surface area contributed by atoms with Gasteiger partial charge in [0.15, 0.2) is 0 Å². The maximum Gasteiger partial charge on any atom is 0.339 e. The van der Waals surface area contributed by atoms with Crippen molar-refractivity contribution in [2.24, 2.45) is 5.73 Å². The maximum absolute atomic E-state index is 13.1. The van der Waals surface area contributed by atoms with Crippen molar-refractivity contribution in [1.29, 1.82) is 0 Å². The van der Waals surface area contributed by atoms with Gasteiger partial charge >= 0.3 is 10.1 Å². The summed E-state index contributed by atoms with van der Waals surface area (Å²) in [5.74, 6) is -0.277. The van der Waals surface area contributed by atoms with Crippen LogP contribution in [0.3, 0.4) is 0 Å². The molecule has 28 heavy (non-hydrogen) atoms. The zero-order chi connectivity index (χ0) is 19.9. The molecule has 1 atom stereocenters. The number of rotatable bonds is 4. The third-order valence-corrected chi connectivity index (χ3v) is 6.35. The minimum Gasteiger partial charge on any atom is -0.379 e. The molecule has 0 aromatic heterocycles. The van der Waals surface area contributed by atoms with Gasteiger partial charge in [0.2, 0.25) is 5.91 Å². The third kappa shape index (κ3) is 3.12. The molecule has 3 aromatic carbocycles. The lowest BCUT2D eigenvalue weighted by Crippen LogP contribution is -2.38. The van der Waals surface area contributed by atoms with Gasteiger partial charge in [-0.2, -0.15) is 8.42 Å². The zero-order valence-corrected chi connectivity index (χ0v) is 16.1. The number of primary amides is 1. The van der Waals surface area contributed by atoms with Gasteiger partial charge in [-0.25, -0.2) is 0 Å². The number of hydrogen-bond acceptors (Lipinski definition) is 5. The van der Waals surface area contributed by atoms with Crippen molar-refractivity contribution in [2.75, 3.05) is 6.54 Å². The molecule has 144 valence electrons. The molecule has 1 aliphatic heterocycles. The van der Waals surface area contributed by atoms with Crippen LogP contribution in [0.25, 0.3) is 10.8 Å².